The molecule has 2 heterocycles. The van der Waals surface area contributed by atoms with Crippen molar-refractivity contribution in [2.24, 2.45) is 11.5 Å². The molecule has 27 heavy (non-hydrogen) atoms. The van der Waals surface area contributed by atoms with Crippen LogP contribution in [-0.2, 0) is 0 Å². The number of rotatable bonds is 5. The van der Waals surface area contributed by atoms with Gasteiger partial charge in [0.15, 0.2) is 0 Å². The second-order valence-electron chi connectivity index (χ2n) is 6.61. The molecule has 0 bridgehead atoms. The van der Waals surface area contributed by atoms with E-state index < -0.39 is 5.91 Å². The van der Waals surface area contributed by atoms with Gasteiger partial charge in [-0.05, 0) is 26.7 Å². The Bertz CT molecular complexity index is 823. The van der Waals surface area contributed by atoms with Gasteiger partial charge in [-0.15, -0.1) is 0 Å². The van der Waals surface area contributed by atoms with Gasteiger partial charge in [-0.3, -0.25) is 4.79 Å². The van der Waals surface area contributed by atoms with E-state index in [9.17, 15) is 4.79 Å². The number of allylic oxidation sites excluding steroid dienone is 5. The highest BCUT2D eigenvalue weighted by Crippen LogP contribution is 2.35. The van der Waals surface area contributed by atoms with Crippen molar-refractivity contribution in [2.45, 2.75) is 32.2 Å². The average molecular weight is 431 g/mol. The summed E-state index contributed by atoms with van der Waals surface area (Å²) in [7, 11) is 0. The van der Waals surface area contributed by atoms with Crippen LogP contribution in [0.1, 0.15) is 42.7 Å². The quantitative estimate of drug-likeness (QED) is 0.546. The first-order chi connectivity index (χ1) is 12.6. The zero-order chi connectivity index (χ0) is 20.4. The number of hydrogen-bond acceptors (Lipinski definition) is 5. The van der Waals surface area contributed by atoms with Crippen molar-refractivity contribution in [3.05, 3.63) is 45.2 Å². The lowest BCUT2D eigenvalue weighted by molar-refractivity contribution is 0.0995. The molecule has 1 fully saturated rings. The Labute approximate surface area is 173 Å². The molecule has 0 atom stereocenters. The maximum atomic E-state index is 12.1. The largest absolute Gasteiger partial charge is 0.364 e. The van der Waals surface area contributed by atoms with Crippen LogP contribution in [0.25, 0.3) is 5.57 Å². The number of primary amides is 1. The van der Waals surface area contributed by atoms with E-state index in [2.05, 4.69) is 16.5 Å². The standard InChI is InChI=1S/C18H22Cl3N5O/c1-4-10(13(20)11(19)5-2)12-14(16(22)27)24-17(25-15(12)21)26-8-6-18(3,23)7-9-26/h4-5H,1,6-9,23H2,2-3H3,(H2,22,27)/b11-5+,13-10-. The number of carbonyl (C=O) groups excluding carboxylic acids is 1. The van der Waals surface area contributed by atoms with Crippen molar-refractivity contribution in [1.29, 1.82) is 0 Å². The normalized spacial score (nSPS) is 18.1. The zero-order valence-corrected chi connectivity index (χ0v) is 17.5. The molecule has 1 amide bonds. The third-order valence-electron chi connectivity index (χ3n) is 4.45. The van der Waals surface area contributed by atoms with Crippen molar-refractivity contribution < 1.29 is 4.79 Å². The number of nitrogens with zero attached hydrogens (tertiary/aromatic N) is 3. The number of hydrogen-bond donors (Lipinski definition) is 2. The third kappa shape index (κ3) is 4.82. The van der Waals surface area contributed by atoms with E-state index in [0.717, 1.165) is 12.8 Å². The van der Waals surface area contributed by atoms with Crippen LogP contribution in [0.4, 0.5) is 5.95 Å². The number of piperidine rings is 1. The monoisotopic (exact) mass is 429 g/mol. The summed E-state index contributed by atoms with van der Waals surface area (Å²) in [6.07, 6.45) is 4.58. The Morgan fingerprint density at radius 3 is 2.37 bits per heavy atom. The summed E-state index contributed by atoms with van der Waals surface area (Å²) in [5.74, 6) is -0.429. The van der Waals surface area contributed by atoms with Crippen LogP contribution in [0.3, 0.4) is 0 Å². The van der Waals surface area contributed by atoms with Gasteiger partial charge in [0, 0.05) is 24.2 Å². The Morgan fingerprint density at radius 2 is 1.89 bits per heavy atom. The highest BCUT2D eigenvalue weighted by atomic mass is 35.5. The molecule has 1 aliphatic rings. The van der Waals surface area contributed by atoms with E-state index in [1.807, 2.05) is 11.8 Å². The van der Waals surface area contributed by atoms with Gasteiger partial charge in [0.05, 0.1) is 15.6 Å². The lowest BCUT2D eigenvalue weighted by atomic mass is 9.91. The molecule has 0 aliphatic carbocycles. The Morgan fingerprint density at radius 1 is 1.30 bits per heavy atom. The van der Waals surface area contributed by atoms with E-state index in [1.165, 1.54) is 6.08 Å². The minimum Gasteiger partial charge on any atom is -0.364 e. The van der Waals surface area contributed by atoms with Crippen LogP contribution in [0.15, 0.2) is 28.8 Å². The molecular weight excluding hydrogens is 409 g/mol. The molecular formula is C18H22Cl3N5O. The smallest absolute Gasteiger partial charge is 0.268 e. The van der Waals surface area contributed by atoms with E-state index in [-0.39, 0.29) is 32.0 Å². The molecule has 1 saturated heterocycles. The van der Waals surface area contributed by atoms with Crippen LogP contribution in [0.5, 0.6) is 0 Å². The summed E-state index contributed by atoms with van der Waals surface area (Å²) in [6.45, 7) is 8.75. The van der Waals surface area contributed by atoms with Crippen LogP contribution >= 0.6 is 34.8 Å². The van der Waals surface area contributed by atoms with Crippen molar-refractivity contribution in [2.75, 3.05) is 18.0 Å². The first-order valence-corrected chi connectivity index (χ1v) is 9.50. The fraction of sp³-hybridized carbons (Fsp3) is 0.389. The molecule has 0 saturated carbocycles. The molecule has 0 unspecified atom stereocenters. The van der Waals surface area contributed by atoms with Gasteiger partial charge in [-0.1, -0.05) is 53.5 Å². The van der Waals surface area contributed by atoms with Crippen molar-refractivity contribution in [3.63, 3.8) is 0 Å². The van der Waals surface area contributed by atoms with Gasteiger partial charge in [-0.2, -0.15) is 0 Å². The number of anilines is 1. The van der Waals surface area contributed by atoms with E-state index in [1.54, 1.807) is 13.0 Å². The third-order valence-corrected chi connectivity index (χ3v) is 5.63. The van der Waals surface area contributed by atoms with E-state index in [4.69, 9.17) is 46.3 Å². The van der Waals surface area contributed by atoms with Gasteiger partial charge in [0.25, 0.3) is 5.91 Å². The van der Waals surface area contributed by atoms with Gasteiger partial charge >= 0.3 is 0 Å². The molecule has 0 aromatic carbocycles. The first kappa shape index (κ1) is 21.7. The summed E-state index contributed by atoms with van der Waals surface area (Å²) in [5.41, 5.74) is 12.0. The second kappa shape index (κ2) is 8.61. The number of carbonyl (C=O) groups is 1. The maximum absolute atomic E-state index is 12.1. The molecule has 146 valence electrons. The number of aromatic nitrogens is 2. The highest BCUT2D eigenvalue weighted by molar-refractivity contribution is 6.46. The second-order valence-corrected chi connectivity index (χ2v) is 7.75. The van der Waals surface area contributed by atoms with Crippen LogP contribution < -0.4 is 16.4 Å². The van der Waals surface area contributed by atoms with Gasteiger partial charge in [0.1, 0.15) is 10.8 Å². The van der Waals surface area contributed by atoms with Gasteiger partial charge in [0.2, 0.25) is 5.95 Å². The molecule has 4 N–H and O–H groups in total. The summed E-state index contributed by atoms with van der Waals surface area (Å²) < 4.78 is 0. The van der Waals surface area contributed by atoms with Crippen LogP contribution in [-0.4, -0.2) is 34.5 Å². The van der Waals surface area contributed by atoms with Crippen molar-refractivity contribution in [3.8, 4) is 0 Å². The minimum absolute atomic E-state index is 0.0419. The molecule has 1 aliphatic heterocycles. The summed E-state index contributed by atoms with van der Waals surface area (Å²) in [6, 6.07) is 0. The summed E-state index contributed by atoms with van der Waals surface area (Å²) in [5, 5.41) is 0.496. The summed E-state index contributed by atoms with van der Waals surface area (Å²) >= 11 is 18.8. The highest BCUT2D eigenvalue weighted by Gasteiger charge is 2.29. The van der Waals surface area contributed by atoms with E-state index >= 15 is 0 Å². The molecule has 0 spiro atoms. The molecule has 9 heteroatoms. The van der Waals surface area contributed by atoms with Gasteiger partial charge < -0.3 is 16.4 Å². The predicted molar refractivity (Wildman–Crippen MR) is 112 cm³/mol. The minimum atomic E-state index is -0.753. The Balaban J connectivity index is 2.58. The predicted octanol–water partition coefficient (Wildman–Crippen LogP) is 3.83. The SMILES string of the molecule is C=C/C(=C(Cl)\C(Cl)=C/C)c1c(Cl)nc(N2CCC(C)(N)CC2)nc1C(N)=O. The average Bonchev–Trinajstić information content (AvgIpc) is 2.62. The molecule has 1 aromatic heterocycles. The number of amides is 1. The fourth-order valence-corrected chi connectivity index (χ4v) is 3.40. The zero-order valence-electron chi connectivity index (χ0n) is 15.2. The van der Waals surface area contributed by atoms with Crippen molar-refractivity contribution >= 4 is 52.2 Å². The van der Waals surface area contributed by atoms with E-state index in [0.29, 0.717) is 24.6 Å². The lowest BCUT2D eigenvalue weighted by Gasteiger charge is -2.36. The van der Waals surface area contributed by atoms with Gasteiger partial charge in [-0.25, -0.2) is 9.97 Å². The molecule has 0 radical (unpaired) electrons. The van der Waals surface area contributed by atoms with Crippen LogP contribution in [0.2, 0.25) is 5.15 Å². The molecule has 2 rings (SSSR count). The number of halogens is 3. The first-order valence-electron chi connectivity index (χ1n) is 8.37. The lowest BCUT2D eigenvalue weighted by Crippen LogP contribution is -2.48. The molecule has 1 aromatic rings. The topological polar surface area (TPSA) is 98.1 Å². The maximum Gasteiger partial charge on any atom is 0.268 e. The molecule has 6 nitrogen and oxygen atoms in total. The van der Waals surface area contributed by atoms with Crippen molar-refractivity contribution in [1.82, 2.24) is 9.97 Å². The Kier molecular flexibility index (Phi) is 6.92. The van der Waals surface area contributed by atoms with Crippen LogP contribution in [0, 0.1) is 0 Å². The fourth-order valence-electron chi connectivity index (χ4n) is 2.76. The summed E-state index contributed by atoms with van der Waals surface area (Å²) in [4.78, 5) is 22.7. The number of nitrogens with two attached hydrogens (primary N) is 2. The Hall–Kier alpha value is -1.60.